The van der Waals surface area contributed by atoms with Crippen LogP contribution in [0.15, 0.2) is 23.7 Å². The summed E-state index contributed by atoms with van der Waals surface area (Å²) in [4.78, 5) is 8.65. The Bertz CT molecular complexity index is 527. The number of aromatic nitrogens is 2. The zero-order valence-corrected chi connectivity index (χ0v) is 12.1. The van der Waals surface area contributed by atoms with E-state index in [1.165, 1.54) is 0 Å². The van der Waals surface area contributed by atoms with E-state index in [1.54, 1.807) is 23.6 Å². The first kappa shape index (κ1) is 13.6. The molecule has 0 bridgehead atoms. The fraction of sp³-hybridized carbons (Fsp3) is 0.385. The maximum atomic E-state index is 5.84. The van der Waals surface area contributed by atoms with Gasteiger partial charge in [-0.2, -0.15) is 4.98 Å². The SMILES string of the molecule is CC(C)Oc1nc(NC(C)c2nccs2)ccc1N. The molecule has 2 aromatic heterocycles. The molecule has 0 fully saturated rings. The minimum Gasteiger partial charge on any atom is -0.473 e. The van der Waals surface area contributed by atoms with Crippen LogP contribution in [0.25, 0.3) is 0 Å². The fourth-order valence-electron chi connectivity index (χ4n) is 1.58. The van der Waals surface area contributed by atoms with Gasteiger partial charge in [-0.05, 0) is 32.9 Å². The standard InChI is InChI=1S/C13H18N4OS/c1-8(2)18-12-10(14)4-5-11(17-12)16-9(3)13-15-6-7-19-13/h4-9H,14H2,1-3H3,(H,16,17). The summed E-state index contributed by atoms with van der Waals surface area (Å²) in [5, 5.41) is 6.26. The molecule has 6 heteroatoms. The average Bonchev–Trinajstić information content (AvgIpc) is 2.86. The summed E-state index contributed by atoms with van der Waals surface area (Å²) in [7, 11) is 0. The van der Waals surface area contributed by atoms with Gasteiger partial charge >= 0.3 is 0 Å². The van der Waals surface area contributed by atoms with Crippen molar-refractivity contribution in [2.75, 3.05) is 11.1 Å². The maximum absolute atomic E-state index is 5.84. The Morgan fingerprint density at radius 2 is 2.11 bits per heavy atom. The van der Waals surface area contributed by atoms with Crippen molar-refractivity contribution in [3.8, 4) is 5.88 Å². The van der Waals surface area contributed by atoms with Gasteiger partial charge in [0.2, 0.25) is 5.88 Å². The van der Waals surface area contributed by atoms with Crippen LogP contribution >= 0.6 is 11.3 Å². The number of thiazole rings is 1. The monoisotopic (exact) mass is 278 g/mol. The first-order valence-electron chi connectivity index (χ1n) is 6.15. The summed E-state index contributed by atoms with van der Waals surface area (Å²) in [6.45, 7) is 5.93. The van der Waals surface area contributed by atoms with Crippen molar-refractivity contribution in [1.29, 1.82) is 0 Å². The highest BCUT2D eigenvalue weighted by Gasteiger charge is 2.11. The topological polar surface area (TPSA) is 73.1 Å². The van der Waals surface area contributed by atoms with E-state index in [-0.39, 0.29) is 12.1 Å². The molecule has 0 saturated heterocycles. The van der Waals surface area contributed by atoms with Crippen molar-refractivity contribution in [2.45, 2.75) is 32.9 Å². The highest BCUT2D eigenvalue weighted by molar-refractivity contribution is 7.09. The minimum atomic E-state index is 0.0430. The van der Waals surface area contributed by atoms with Gasteiger partial charge in [0.1, 0.15) is 10.8 Å². The second kappa shape index (κ2) is 5.88. The average molecular weight is 278 g/mol. The number of anilines is 2. The summed E-state index contributed by atoms with van der Waals surface area (Å²) in [5.74, 6) is 1.19. The number of nitrogens with two attached hydrogens (primary N) is 1. The van der Waals surface area contributed by atoms with Crippen LogP contribution in [-0.2, 0) is 0 Å². The molecule has 0 aliphatic carbocycles. The Morgan fingerprint density at radius 1 is 1.32 bits per heavy atom. The van der Waals surface area contributed by atoms with Crippen LogP contribution in [0.5, 0.6) is 5.88 Å². The largest absolute Gasteiger partial charge is 0.473 e. The maximum Gasteiger partial charge on any atom is 0.239 e. The summed E-state index contributed by atoms with van der Waals surface area (Å²) in [5.41, 5.74) is 6.38. The number of pyridine rings is 1. The lowest BCUT2D eigenvalue weighted by atomic mass is 10.3. The van der Waals surface area contributed by atoms with Crippen LogP contribution in [0.3, 0.4) is 0 Å². The molecule has 2 heterocycles. The molecule has 0 aromatic carbocycles. The van der Waals surface area contributed by atoms with E-state index in [1.807, 2.05) is 32.2 Å². The molecule has 2 aromatic rings. The summed E-state index contributed by atoms with van der Waals surface area (Å²) in [6.07, 6.45) is 1.84. The second-order valence-corrected chi connectivity index (χ2v) is 5.42. The second-order valence-electron chi connectivity index (χ2n) is 4.49. The predicted molar refractivity (Wildman–Crippen MR) is 78.6 cm³/mol. The number of hydrogen-bond donors (Lipinski definition) is 2. The summed E-state index contributed by atoms with van der Waals surface area (Å²) in [6, 6.07) is 3.73. The number of nitrogens with one attached hydrogen (secondary N) is 1. The first-order valence-corrected chi connectivity index (χ1v) is 7.03. The van der Waals surface area contributed by atoms with E-state index in [0.29, 0.717) is 11.6 Å². The lowest BCUT2D eigenvalue weighted by molar-refractivity contribution is 0.234. The Kier molecular flexibility index (Phi) is 4.21. The predicted octanol–water partition coefficient (Wildman–Crippen LogP) is 3.08. The Balaban J connectivity index is 2.12. The molecule has 0 saturated carbocycles. The van der Waals surface area contributed by atoms with Crippen molar-refractivity contribution in [3.63, 3.8) is 0 Å². The van der Waals surface area contributed by atoms with E-state index < -0.39 is 0 Å². The quantitative estimate of drug-likeness (QED) is 0.879. The molecule has 2 rings (SSSR count). The fourth-order valence-corrected chi connectivity index (χ4v) is 2.23. The number of rotatable bonds is 5. The van der Waals surface area contributed by atoms with Gasteiger partial charge in [-0.1, -0.05) is 0 Å². The summed E-state index contributed by atoms with van der Waals surface area (Å²) < 4.78 is 5.57. The molecular formula is C13H18N4OS. The zero-order valence-electron chi connectivity index (χ0n) is 11.3. The molecule has 0 spiro atoms. The number of ether oxygens (including phenoxy) is 1. The van der Waals surface area contributed by atoms with Crippen molar-refractivity contribution < 1.29 is 4.74 Å². The van der Waals surface area contributed by atoms with Crippen LogP contribution in [0.2, 0.25) is 0 Å². The van der Waals surface area contributed by atoms with Crippen LogP contribution < -0.4 is 15.8 Å². The molecule has 0 aliphatic rings. The molecule has 0 radical (unpaired) electrons. The number of nitrogen functional groups attached to an aromatic ring is 1. The molecule has 0 amide bonds. The van der Waals surface area contributed by atoms with Gasteiger partial charge in [0, 0.05) is 11.6 Å². The van der Waals surface area contributed by atoms with Crippen LogP contribution in [0.4, 0.5) is 11.5 Å². The van der Waals surface area contributed by atoms with E-state index in [0.717, 1.165) is 10.8 Å². The van der Waals surface area contributed by atoms with Gasteiger partial charge in [0.25, 0.3) is 0 Å². The number of hydrogen-bond acceptors (Lipinski definition) is 6. The molecule has 1 unspecified atom stereocenters. The lowest BCUT2D eigenvalue weighted by Gasteiger charge is -2.15. The Hall–Kier alpha value is -1.82. The van der Waals surface area contributed by atoms with Crippen molar-refractivity contribution >= 4 is 22.8 Å². The normalized spacial score (nSPS) is 12.4. The smallest absolute Gasteiger partial charge is 0.239 e. The van der Waals surface area contributed by atoms with Crippen LogP contribution in [0, 0.1) is 0 Å². The van der Waals surface area contributed by atoms with Crippen molar-refractivity contribution in [2.24, 2.45) is 0 Å². The molecule has 5 nitrogen and oxygen atoms in total. The van der Waals surface area contributed by atoms with Gasteiger partial charge in [-0.15, -0.1) is 11.3 Å². The van der Waals surface area contributed by atoms with Gasteiger partial charge in [0.05, 0.1) is 17.8 Å². The summed E-state index contributed by atoms with van der Waals surface area (Å²) >= 11 is 1.61. The van der Waals surface area contributed by atoms with Gasteiger partial charge in [0.15, 0.2) is 0 Å². The van der Waals surface area contributed by atoms with E-state index in [2.05, 4.69) is 15.3 Å². The highest BCUT2D eigenvalue weighted by atomic mass is 32.1. The van der Waals surface area contributed by atoms with E-state index >= 15 is 0 Å². The third-order valence-electron chi connectivity index (χ3n) is 2.42. The lowest BCUT2D eigenvalue weighted by Crippen LogP contribution is -2.12. The molecule has 102 valence electrons. The molecule has 3 N–H and O–H groups in total. The van der Waals surface area contributed by atoms with Crippen LogP contribution in [0.1, 0.15) is 31.8 Å². The highest BCUT2D eigenvalue weighted by Crippen LogP contribution is 2.25. The van der Waals surface area contributed by atoms with Crippen LogP contribution in [-0.4, -0.2) is 16.1 Å². The molecule has 0 aliphatic heterocycles. The van der Waals surface area contributed by atoms with Crippen molar-refractivity contribution in [1.82, 2.24) is 9.97 Å². The Labute approximate surface area is 116 Å². The minimum absolute atomic E-state index is 0.0430. The van der Waals surface area contributed by atoms with Crippen molar-refractivity contribution in [3.05, 3.63) is 28.7 Å². The Morgan fingerprint density at radius 3 is 2.74 bits per heavy atom. The first-order chi connectivity index (χ1) is 9.06. The number of nitrogens with zero attached hydrogens (tertiary/aromatic N) is 2. The van der Waals surface area contributed by atoms with Gasteiger partial charge in [-0.25, -0.2) is 4.98 Å². The zero-order chi connectivity index (χ0) is 13.8. The third-order valence-corrected chi connectivity index (χ3v) is 3.38. The molecular weight excluding hydrogens is 260 g/mol. The van der Waals surface area contributed by atoms with Gasteiger partial charge in [-0.3, -0.25) is 0 Å². The molecule has 1 atom stereocenters. The van der Waals surface area contributed by atoms with E-state index in [9.17, 15) is 0 Å². The molecule has 19 heavy (non-hydrogen) atoms. The van der Waals surface area contributed by atoms with Gasteiger partial charge < -0.3 is 15.8 Å². The van der Waals surface area contributed by atoms with E-state index in [4.69, 9.17) is 10.5 Å². The third kappa shape index (κ3) is 3.57.